The maximum atomic E-state index is 13.1. The predicted molar refractivity (Wildman–Crippen MR) is 125 cm³/mol. The lowest BCUT2D eigenvalue weighted by molar-refractivity contribution is -0.128. The van der Waals surface area contributed by atoms with Gasteiger partial charge < -0.3 is 4.90 Å². The molecule has 2 aliphatic carbocycles. The van der Waals surface area contributed by atoms with Crippen LogP contribution in [0.3, 0.4) is 0 Å². The van der Waals surface area contributed by atoms with Crippen molar-refractivity contribution in [2.75, 3.05) is 23.7 Å². The van der Waals surface area contributed by atoms with Gasteiger partial charge in [0, 0.05) is 30.3 Å². The number of benzene rings is 1. The largest absolute Gasteiger partial charge is 0.356 e. The molecule has 1 saturated heterocycles. The molecular weight excluding hydrogens is 424 g/mol. The highest BCUT2D eigenvalue weighted by atomic mass is 32.2. The first-order valence-electron chi connectivity index (χ1n) is 11.6. The fraction of sp³-hybridized carbons (Fsp3) is 0.625. The van der Waals surface area contributed by atoms with Gasteiger partial charge in [-0.15, -0.1) is 0 Å². The third-order valence-corrected chi connectivity index (χ3v) is 9.84. The number of hydrogen-bond acceptors (Lipinski definition) is 6. The van der Waals surface area contributed by atoms with E-state index < -0.39 is 15.4 Å². The highest BCUT2D eigenvalue weighted by molar-refractivity contribution is 7.89. The Labute approximate surface area is 190 Å². The number of aromatic nitrogens is 2. The molecular formula is C24H32N4O3S. The summed E-state index contributed by atoms with van der Waals surface area (Å²) in [7, 11) is -3.67. The van der Waals surface area contributed by atoms with E-state index in [0.29, 0.717) is 24.6 Å². The molecule has 3 aliphatic rings. The number of carbonyl (C=O) groups is 1. The van der Waals surface area contributed by atoms with Crippen LogP contribution in [0.1, 0.15) is 57.3 Å². The number of aryl methyl sites for hydroxylation is 1. The molecule has 0 unspecified atom stereocenters. The molecule has 1 aromatic heterocycles. The second-order valence-corrected chi connectivity index (χ2v) is 12.2. The molecule has 2 bridgehead atoms. The third kappa shape index (κ3) is 3.34. The molecule has 2 heterocycles. The lowest BCUT2D eigenvalue weighted by atomic mass is 9.70. The van der Waals surface area contributed by atoms with Gasteiger partial charge in [0.15, 0.2) is 0 Å². The van der Waals surface area contributed by atoms with Crippen LogP contribution in [-0.4, -0.2) is 43.0 Å². The van der Waals surface area contributed by atoms with E-state index in [-0.39, 0.29) is 23.5 Å². The summed E-state index contributed by atoms with van der Waals surface area (Å²) >= 11 is 0. The Balaban J connectivity index is 1.41. The van der Waals surface area contributed by atoms with Gasteiger partial charge in [0.2, 0.25) is 10.0 Å². The molecule has 2 aromatic rings. The van der Waals surface area contributed by atoms with Gasteiger partial charge in [0.05, 0.1) is 17.8 Å². The second-order valence-electron chi connectivity index (χ2n) is 10.4. The normalized spacial score (nSPS) is 27.0. The minimum Gasteiger partial charge on any atom is -0.356 e. The number of rotatable bonds is 6. The van der Waals surface area contributed by atoms with Gasteiger partial charge in [-0.2, -0.15) is 0 Å². The molecule has 1 aliphatic heterocycles. The molecule has 8 heteroatoms. The van der Waals surface area contributed by atoms with Crippen LogP contribution in [0, 0.1) is 23.7 Å². The lowest BCUT2D eigenvalue weighted by Crippen LogP contribution is -2.45. The number of hydrogen-bond donors (Lipinski definition) is 1. The van der Waals surface area contributed by atoms with E-state index in [1.807, 2.05) is 25.1 Å². The summed E-state index contributed by atoms with van der Waals surface area (Å²) in [6.07, 6.45) is 4.36. The average molecular weight is 457 g/mol. The first kappa shape index (κ1) is 21.8. The number of ketones is 1. The quantitative estimate of drug-likeness (QED) is 0.717. The average Bonchev–Trinajstić information content (AvgIpc) is 3.39. The Morgan fingerprint density at radius 1 is 1.19 bits per heavy atom. The second kappa shape index (κ2) is 7.48. The van der Waals surface area contributed by atoms with Gasteiger partial charge >= 0.3 is 0 Å². The first-order valence-corrected chi connectivity index (χ1v) is 13.3. The fourth-order valence-corrected chi connectivity index (χ4v) is 8.01. The number of nitrogens with zero attached hydrogens (tertiary/aromatic N) is 3. The van der Waals surface area contributed by atoms with Gasteiger partial charge in [0.1, 0.15) is 17.4 Å². The Bertz CT molecular complexity index is 1190. The summed E-state index contributed by atoms with van der Waals surface area (Å²) in [6.45, 7) is 8.06. The maximum absolute atomic E-state index is 13.1. The van der Waals surface area contributed by atoms with Crippen molar-refractivity contribution >= 4 is 32.5 Å². The summed E-state index contributed by atoms with van der Waals surface area (Å²) in [5.41, 5.74) is 0.857. The molecule has 2 saturated carbocycles. The van der Waals surface area contributed by atoms with Crippen LogP contribution in [0.4, 0.5) is 5.82 Å². The van der Waals surface area contributed by atoms with Crippen molar-refractivity contribution in [2.45, 2.75) is 59.4 Å². The molecule has 1 aromatic carbocycles. The van der Waals surface area contributed by atoms with Crippen molar-refractivity contribution in [3.8, 4) is 0 Å². The van der Waals surface area contributed by atoms with Crippen LogP contribution in [0.25, 0.3) is 10.9 Å². The summed E-state index contributed by atoms with van der Waals surface area (Å²) in [4.78, 5) is 24.5. The van der Waals surface area contributed by atoms with Crippen LogP contribution >= 0.6 is 0 Å². The van der Waals surface area contributed by atoms with E-state index in [2.05, 4.69) is 23.5 Å². The maximum Gasteiger partial charge on any atom is 0.213 e. The van der Waals surface area contributed by atoms with Gasteiger partial charge in [-0.1, -0.05) is 26.0 Å². The SMILES string of the molecule is Cc1cccc2c(N3CCCC3)nc(CNS(=O)(=O)C[C@]34CC[C@H](CC3=O)C4(C)C)nc12. The fourth-order valence-electron chi connectivity index (χ4n) is 6.23. The summed E-state index contributed by atoms with van der Waals surface area (Å²) in [5.74, 6) is 1.61. The highest BCUT2D eigenvalue weighted by Gasteiger charge is 2.65. The van der Waals surface area contributed by atoms with Crippen molar-refractivity contribution in [2.24, 2.45) is 16.7 Å². The summed E-state index contributed by atoms with van der Waals surface area (Å²) in [5, 5.41) is 1.01. The zero-order valence-electron chi connectivity index (χ0n) is 19.1. The molecule has 172 valence electrons. The molecule has 0 amide bonds. The van der Waals surface area contributed by atoms with Crippen molar-refractivity contribution in [1.82, 2.24) is 14.7 Å². The zero-order valence-corrected chi connectivity index (χ0v) is 20.0. The van der Waals surface area contributed by atoms with E-state index in [4.69, 9.17) is 9.97 Å². The molecule has 3 fully saturated rings. The predicted octanol–water partition coefficient (Wildman–Crippen LogP) is 3.35. The van der Waals surface area contributed by atoms with Crippen LogP contribution in [0.15, 0.2) is 18.2 Å². The number of carbonyl (C=O) groups excluding carboxylic acids is 1. The Morgan fingerprint density at radius 3 is 2.59 bits per heavy atom. The van der Waals surface area contributed by atoms with Gasteiger partial charge in [-0.05, 0) is 55.6 Å². The lowest BCUT2D eigenvalue weighted by Gasteiger charge is -2.36. The van der Waals surface area contributed by atoms with Crippen LogP contribution in [0.2, 0.25) is 0 Å². The number of para-hydroxylation sites is 1. The van der Waals surface area contributed by atoms with E-state index in [1.165, 1.54) is 0 Å². The molecule has 2 atom stereocenters. The third-order valence-electron chi connectivity index (χ3n) is 8.39. The number of fused-ring (bicyclic) bond motifs is 3. The minimum atomic E-state index is -3.67. The molecule has 7 nitrogen and oxygen atoms in total. The van der Waals surface area contributed by atoms with Gasteiger partial charge in [-0.25, -0.2) is 23.1 Å². The molecule has 32 heavy (non-hydrogen) atoms. The smallest absolute Gasteiger partial charge is 0.213 e. The van der Waals surface area contributed by atoms with E-state index >= 15 is 0 Å². The monoisotopic (exact) mass is 456 g/mol. The first-order chi connectivity index (χ1) is 15.1. The molecule has 0 radical (unpaired) electrons. The number of anilines is 1. The standard InChI is InChI=1S/C24H32N4O3S/c1-16-7-6-8-18-21(16)26-20(27-22(18)28-11-4-5-12-28)14-25-32(30,31)15-24-10-9-17(13-19(24)29)23(24,2)3/h6-8,17,25H,4-5,9-15H2,1-3H3/t17-,24-/m1/s1. The molecule has 1 N–H and O–H groups in total. The number of Topliss-reactive ketones (excluding diaryl/α,β-unsaturated/α-hetero) is 1. The van der Waals surface area contributed by atoms with Crippen LogP contribution in [0.5, 0.6) is 0 Å². The summed E-state index contributed by atoms with van der Waals surface area (Å²) < 4.78 is 29.0. The molecule has 0 spiro atoms. The van der Waals surface area contributed by atoms with Crippen molar-refractivity contribution in [3.63, 3.8) is 0 Å². The number of nitrogens with one attached hydrogen (secondary N) is 1. The summed E-state index contributed by atoms with van der Waals surface area (Å²) in [6, 6.07) is 6.06. The van der Waals surface area contributed by atoms with E-state index in [0.717, 1.165) is 54.6 Å². The van der Waals surface area contributed by atoms with Gasteiger partial charge in [-0.3, -0.25) is 4.79 Å². The van der Waals surface area contributed by atoms with Crippen molar-refractivity contribution < 1.29 is 13.2 Å². The molecule has 5 rings (SSSR count). The number of sulfonamides is 1. The Kier molecular flexibility index (Phi) is 5.09. The minimum absolute atomic E-state index is 0.0293. The highest BCUT2D eigenvalue weighted by Crippen LogP contribution is 2.64. The van der Waals surface area contributed by atoms with Crippen molar-refractivity contribution in [3.05, 3.63) is 29.6 Å². The van der Waals surface area contributed by atoms with Crippen LogP contribution < -0.4 is 9.62 Å². The van der Waals surface area contributed by atoms with E-state index in [1.54, 1.807) is 0 Å². The van der Waals surface area contributed by atoms with Crippen molar-refractivity contribution in [1.29, 1.82) is 0 Å². The Hall–Kier alpha value is -2.06. The van der Waals surface area contributed by atoms with Crippen LogP contribution in [-0.2, 0) is 21.4 Å². The topological polar surface area (TPSA) is 92.3 Å². The van der Waals surface area contributed by atoms with Gasteiger partial charge in [0.25, 0.3) is 0 Å². The zero-order chi connectivity index (χ0) is 22.7. The van der Waals surface area contributed by atoms with E-state index in [9.17, 15) is 13.2 Å². The Morgan fingerprint density at radius 2 is 1.94 bits per heavy atom.